The SMILES string of the molecule is CCc1ccc(O)c(O)c1.Oc1ccccc1O.Oc1ccccc1O. The van der Waals surface area contributed by atoms with Gasteiger partial charge in [0.1, 0.15) is 0 Å². The van der Waals surface area contributed by atoms with Gasteiger partial charge in [-0.1, -0.05) is 37.3 Å². The zero-order chi connectivity index (χ0) is 19.5. The first-order chi connectivity index (χ1) is 12.3. The van der Waals surface area contributed by atoms with Crippen LogP contribution < -0.4 is 0 Å². The highest BCUT2D eigenvalue weighted by atomic mass is 16.3. The Labute approximate surface area is 151 Å². The Bertz CT molecular complexity index is 731. The Hall–Kier alpha value is -3.54. The number of para-hydroxylation sites is 4. The van der Waals surface area contributed by atoms with Crippen molar-refractivity contribution in [2.45, 2.75) is 13.3 Å². The standard InChI is InChI=1S/C8H10O2.2C6H6O2/c1-2-6-3-4-7(9)8(10)5-6;2*7-5-3-1-2-4-6(5)8/h3-5,9-10H,2H2,1H3;2*1-4,7-8H. The predicted molar refractivity (Wildman–Crippen MR) is 98.7 cm³/mol. The lowest BCUT2D eigenvalue weighted by Crippen LogP contribution is -1.77. The van der Waals surface area contributed by atoms with Crippen LogP contribution in [0.5, 0.6) is 34.5 Å². The van der Waals surface area contributed by atoms with Crippen LogP contribution in [-0.2, 0) is 6.42 Å². The first kappa shape index (κ1) is 20.5. The number of aryl methyl sites for hydroxylation is 1. The van der Waals surface area contributed by atoms with E-state index in [1.54, 1.807) is 36.4 Å². The van der Waals surface area contributed by atoms with Gasteiger partial charge in [-0.2, -0.15) is 0 Å². The second-order valence-corrected chi connectivity index (χ2v) is 5.15. The van der Waals surface area contributed by atoms with Crippen molar-refractivity contribution in [2.75, 3.05) is 0 Å². The number of hydrogen-bond acceptors (Lipinski definition) is 6. The third kappa shape index (κ3) is 6.92. The molecule has 0 spiro atoms. The monoisotopic (exact) mass is 358 g/mol. The Morgan fingerprint density at radius 1 is 0.500 bits per heavy atom. The van der Waals surface area contributed by atoms with Crippen LogP contribution in [0.15, 0.2) is 66.7 Å². The van der Waals surface area contributed by atoms with Crippen molar-refractivity contribution in [1.29, 1.82) is 0 Å². The highest BCUT2D eigenvalue weighted by Crippen LogP contribution is 2.24. The van der Waals surface area contributed by atoms with Gasteiger partial charge in [0.15, 0.2) is 34.5 Å². The molecule has 0 amide bonds. The van der Waals surface area contributed by atoms with Gasteiger partial charge in [-0.15, -0.1) is 0 Å². The van der Waals surface area contributed by atoms with E-state index < -0.39 is 0 Å². The summed E-state index contributed by atoms with van der Waals surface area (Å²) in [6.07, 6.45) is 0.869. The first-order valence-electron chi connectivity index (χ1n) is 7.80. The molecule has 0 saturated carbocycles. The summed E-state index contributed by atoms with van der Waals surface area (Å²) in [5.41, 5.74) is 1.02. The fourth-order valence-electron chi connectivity index (χ4n) is 1.72. The minimum Gasteiger partial charge on any atom is -0.504 e. The third-order valence-corrected chi connectivity index (χ3v) is 3.21. The fraction of sp³-hybridized carbons (Fsp3) is 0.100. The molecule has 0 aliphatic rings. The lowest BCUT2D eigenvalue weighted by molar-refractivity contribution is 0.403. The molecule has 0 atom stereocenters. The van der Waals surface area contributed by atoms with Crippen molar-refractivity contribution < 1.29 is 30.6 Å². The minimum atomic E-state index is -0.0764. The molecular formula is C20H22O6. The molecule has 0 aliphatic carbocycles. The van der Waals surface area contributed by atoms with Crippen LogP contribution in [0.1, 0.15) is 12.5 Å². The van der Waals surface area contributed by atoms with E-state index in [4.69, 9.17) is 30.6 Å². The van der Waals surface area contributed by atoms with E-state index in [9.17, 15) is 0 Å². The molecule has 6 heteroatoms. The van der Waals surface area contributed by atoms with E-state index in [1.807, 2.05) is 6.92 Å². The summed E-state index contributed by atoms with van der Waals surface area (Å²) >= 11 is 0. The van der Waals surface area contributed by atoms with Crippen LogP contribution in [0.3, 0.4) is 0 Å². The smallest absolute Gasteiger partial charge is 0.157 e. The van der Waals surface area contributed by atoms with Gasteiger partial charge in [0.2, 0.25) is 0 Å². The summed E-state index contributed by atoms with van der Waals surface area (Å²) in [7, 11) is 0. The summed E-state index contributed by atoms with van der Waals surface area (Å²) < 4.78 is 0. The lowest BCUT2D eigenvalue weighted by atomic mass is 10.1. The predicted octanol–water partition coefficient (Wildman–Crippen LogP) is 3.86. The molecule has 3 aromatic rings. The van der Waals surface area contributed by atoms with E-state index >= 15 is 0 Å². The van der Waals surface area contributed by atoms with Gasteiger partial charge in [0.25, 0.3) is 0 Å². The molecule has 0 fully saturated rings. The molecule has 0 aromatic heterocycles. The zero-order valence-electron chi connectivity index (χ0n) is 14.2. The van der Waals surface area contributed by atoms with E-state index in [0.29, 0.717) is 0 Å². The maximum Gasteiger partial charge on any atom is 0.157 e. The first-order valence-corrected chi connectivity index (χ1v) is 7.80. The molecule has 6 N–H and O–H groups in total. The molecule has 138 valence electrons. The number of hydrogen-bond donors (Lipinski definition) is 6. The second-order valence-electron chi connectivity index (χ2n) is 5.15. The molecule has 0 saturated heterocycles. The topological polar surface area (TPSA) is 121 Å². The quantitative estimate of drug-likeness (QED) is 0.367. The fourth-order valence-corrected chi connectivity index (χ4v) is 1.72. The number of rotatable bonds is 1. The van der Waals surface area contributed by atoms with Gasteiger partial charge in [0.05, 0.1) is 0 Å². The normalized spacial score (nSPS) is 9.27. The van der Waals surface area contributed by atoms with Crippen molar-refractivity contribution in [3.05, 3.63) is 72.3 Å². The van der Waals surface area contributed by atoms with Crippen LogP contribution in [0, 0.1) is 0 Å². The van der Waals surface area contributed by atoms with Crippen LogP contribution in [0.2, 0.25) is 0 Å². The Morgan fingerprint density at radius 3 is 1.12 bits per heavy atom. The number of aromatic hydroxyl groups is 6. The van der Waals surface area contributed by atoms with Crippen LogP contribution in [0.25, 0.3) is 0 Å². The largest absolute Gasteiger partial charge is 0.504 e. The molecular weight excluding hydrogens is 336 g/mol. The summed E-state index contributed by atoms with van der Waals surface area (Å²) in [6.45, 7) is 1.99. The summed E-state index contributed by atoms with van der Waals surface area (Å²) in [4.78, 5) is 0. The third-order valence-electron chi connectivity index (χ3n) is 3.21. The molecule has 3 aromatic carbocycles. The maximum absolute atomic E-state index is 8.98. The van der Waals surface area contributed by atoms with E-state index in [1.165, 1.54) is 30.3 Å². The molecule has 0 radical (unpaired) electrons. The van der Waals surface area contributed by atoms with Gasteiger partial charge < -0.3 is 30.6 Å². The van der Waals surface area contributed by atoms with Crippen LogP contribution in [-0.4, -0.2) is 30.6 Å². The summed E-state index contributed by atoms with van der Waals surface area (Å²) in [6, 6.07) is 17.1. The highest BCUT2D eigenvalue weighted by Gasteiger charge is 1.97. The average molecular weight is 358 g/mol. The van der Waals surface area contributed by atoms with Gasteiger partial charge in [-0.3, -0.25) is 0 Å². The average Bonchev–Trinajstić information content (AvgIpc) is 2.63. The molecule has 0 heterocycles. The second kappa shape index (κ2) is 10.4. The van der Waals surface area contributed by atoms with Gasteiger partial charge >= 0.3 is 0 Å². The van der Waals surface area contributed by atoms with Crippen molar-refractivity contribution in [2.24, 2.45) is 0 Å². The molecule has 0 bridgehead atoms. The molecule has 3 rings (SSSR count). The lowest BCUT2D eigenvalue weighted by Gasteiger charge is -1.98. The number of phenolic OH excluding ortho intramolecular Hbond substituents is 6. The zero-order valence-corrected chi connectivity index (χ0v) is 14.2. The highest BCUT2D eigenvalue weighted by molar-refractivity contribution is 5.40. The van der Waals surface area contributed by atoms with Crippen LogP contribution >= 0.6 is 0 Å². The molecule has 6 nitrogen and oxygen atoms in total. The number of phenols is 6. The van der Waals surface area contributed by atoms with Crippen LogP contribution in [0.4, 0.5) is 0 Å². The van der Waals surface area contributed by atoms with Gasteiger partial charge in [-0.05, 0) is 48.4 Å². The van der Waals surface area contributed by atoms with E-state index in [2.05, 4.69) is 0 Å². The minimum absolute atomic E-state index is 0.0423. The maximum atomic E-state index is 8.98. The van der Waals surface area contributed by atoms with Crippen molar-refractivity contribution in [1.82, 2.24) is 0 Å². The Kier molecular flexibility index (Phi) is 8.16. The summed E-state index contributed by atoms with van der Waals surface area (Å²) in [5, 5.41) is 52.5. The van der Waals surface area contributed by atoms with Gasteiger partial charge in [-0.25, -0.2) is 0 Å². The van der Waals surface area contributed by atoms with Crippen molar-refractivity contribution >= 4 is 0 Å². The van der Waals surface area contributed by atoms with Crippen molar-refractivity contribution in [3.8, 4) is 34.5 Å². The Balaban J connectivity index is 0.000000197. The number of benzene rings is 3. The molecule has 0 aliphatic heterocycles. The Morgan fingerprint density at radius 2 is 0.846 bits per heavy atom. The van der Waals surface area contributed by atoms with E-state index in [-0.39, 0.29) is 34.5 Å². The van der Waals surface area contributed by atoms with Crippen molar-refractivity contribution in [3.63, 3.8) is 0 Å². The van der Waals surface area contributed by atoms with Gasteiger partial charge in [0, 0.05) is 0 Å². The molecule has 26 heavy (non-hydrogen) atoms. The summed E-state index contributed by atoms with van der Waals surface area (Å²) in [5.74, 6) is -0.406. The van der Waals surface area contributed by atoms with E-state index in [0.717, 1.165) is 12.0 Å². The molecule has 0 unspecified atom stereocenters.